The van der Waals surface area contributed by atoms with Crippen LogP contribution in [-0.2, 0) is 14.3 Å². The topological polar surface area (TPSA) is 55.4 Å². The summed E-state index contributed by atoms with van der Waals surface area (Å²) >= 11 is 0. The van der Waals surface area contributed by atoms with Crippen molar-refractivity contribution in [3.05, 3.63) is 11.6 Å². The standard InChI is InChI=1S/C11H17NO3.2C2H6/c1-3-15-11(14)9-4-6-10(7-5-9)12-8(2)13;2*1-2/h4,10H,3,5-7H2,1-2H3,(H,12,13);2*1-2H3. The fourth-order valence-corrected chi connectivity index (χ4v) is 1.66. The van der Waals surface area contributed by atoms with Gasteiger partial charge in [-0.15, -0.1) is 0 Å². The smallest absolute Gasteiger partial charge is 0.333 e. The van der Waals surface area contributed by atoms with Gasteiger partial charge in [0.25, 0.3) is 0 Å². The number of esters is 1. The highest BCUT2D eigenvalue weighted by atomic mass is 16.5. The number of ether oxygens (including phenoxy) is 1. The first-order chi connectivity index (χ1) is 9.13. The minimum atomic E-state index is -0.223. The monoisotopic (exact) mass is 271 g/mol. The molecule has 4 heteroatoms. The van der Waals surface area contributed by atoms with Crippen molar-refractivity contribution in [3.8, 4) is 0 Å². The van der Waals surface area contributed by atoms with Gasteiger partial charge in [-0.25, -0.2) is 4.79 Å². The zero-order valence-electron chi connectivity index (χ0n) is 13.2. The number of hydrogen-bond donors (Lipinski definition) is 1. The van der Waals surface area contributed by atoms with Crippen LogP contribution in [0.25, 0.3) is 0 Å². The summed E-state index contributed by atoms with van der Waals surface area (Å²) in [5.74, 6) is -0.244. The predicted octanol–water partition coefficient (Wildman–Crippen LogP) is 3.22. The maximum atomic E-state index is 11.3. The number of nitrogens with one attached hydrogen (secondary N) is 1. The molecule has 0 aromatic carbocycles. The van der Waals surface area contributed by atoms with Crippen molar-refractivity contribution in [1.82, 2.24) is 5.32 Å². The fraction of sp³-hybridized carbons (Fsp3) is 0.733. The zero-order valence-corrected chi connectivity index (χ0v) is 13.2. The summed E-state index contributed by atoms with van der Waals surface area (Å²) in [6.45, 7) is 11.7. The third-order valence-corrected chi connectivity index (χ3v) is 2.36. The van der Waals surface area contributed by atoms with Crippen LogP contribution in [0.2, 0.25) is 0 Å². The van der Waals surface area contributed by atoms with Crippen LogP contribution in [0.3, 0.4) is 0 Å². The summed E-state index contributed by atoms with van der Waals surface area (Å²) in [4.78, 5) is 22.2. The van der Waals surface area contributed by atoms with Crippen molar-refractivity contribution in [3.63, 3.8) is 0 Å². The van der Waals surface area contributed by atoms with Crippen LogP contribution < -0.4 is 5.32 Å². The second-order valence-electron chi connectivity index (χ2n) is 3.62. The van der Waals surface area contributed by atoms with Crippen LogP contribution >= 0.6 is 0 Å². The second-order valence-corrected chi connectivity index (χ2v) is 3.62. The zero-order chi connectivity index (χ0) is 15.3. The van der Waals surface area contributed by atoms with Crippen molar-refractivity contribution in [2.45, 2.75) is 66.8 Å². The molecule has 1 N–H and O–H groups in total. The molecule has 1 atom stereocenters. The van der Waals surface area contributed by atoms with Crippen molar-refractivity contribution in [1.29, 1.82) is 0 Å². The molecule has 1 rings (SSSR count). The number of hydrogen-bond acceptors (Lipinski definition) is 3. The van der Waals surface area contributed by atoms with Crippen molar-refractivity contribution in [2.24, 2.45) is 0 Å². The average Bonchev–Trinajstić information content (AvgIpc) is 2.43. The SMILES string of the molecule is CC.CC.CCOC(=O)C1=CCC(NC(C)=O)CC1. The van der Waals surface area contributed by atoms with E-state index in [0.717, 1.165) is 12.0 Å². The summed E-state index contributed by atoms with van der Waals surface area (Å²) in [6, 6.07) is 0.167. The Morgan fingerprint density at radius 3 is 2.26 bits per heavy atom. The van der Waals surface area contributed by atoms with E-state index in [4.69, 9.17) is 4.74 Å². The van der Waals surface area contributed by atoms with E-state index in [2.05, 4.69) is 5.32 Å². The summed E-state index contributed by atoms with van der Waals surface area (Å²) in [7, 11) is 0. The van der Waals surface area contributed by atoms with Crippen LogP contribution in [0.15, 0.2) is 11.6 Å². The normalized spacial score (nSPS) is 16.7. The Labute approximate surface area is 117 Å². The molecule has 0 fully saturated rings. The molecule has 112 valence electrons. The van der Waals surface area contributed by atoms with E-state index < -0.39 is 0 Å². The lowest BCUT2D eigenvalue weighted by Gasteiger charge is -2.21. The Morgan fingerprint density at radius 2 is 1.89 bits per heavy atom. The highest BCUT2D eigenvalue weighted by molar-refractivity contribution is 5.88. The van der Waals surface area contributed by atoms with Crippen LogP contribution in [0.1, 0.15) is 60.8 Å². The molecule has 1 aliphatic rings. The summed E-state index contributed by atoms with van der Waals surface area (Å²) in [5.41, 5.74) is 0.735. The van der Waals surface area contributed by atoms with Crippen LogP contribution in [-0.4, -0.2) is 24.5 Å². The Balaban J connectivity index is 0. The largest absolute Gasteiger partial charge is 0.463 e. The lowest BCUT2D eigenvalue weighted by Crippen LogP contribution is -2.34. The minimum absolute atomic E-state index is 0.0204. The maximum Gasteiger partial charge on any atom is 0.333 e. The van der Waals surface area contributed by atoms with Crippen molar-refractivity contribution >= 4 is 11.9 Å². The van der Waals surface area contributed by atoms with Crippen molar-refractivity contribution < 1.29 is 14.3 Å². The molecule has 0 radical (unpaired) electrons. The highest BCUT2D eigenvalue weighted by Gasteiger charge is 2.19. The number of amides is 1. The summed E-state index contributed by atoms with van der Waals surface area (Å²) in [5, 5.41) is 2.84. The third kappa shape index (κ3) is 9.28. The van der Waals surface area contributed by atoms with Gasteiger partial charge < -0.3 is 10.1 Å². The van der Waals surface area contributed by atoms with Gasteiger partial charge in [-0.3, -0.25) is 4.79 Å². The molecular formula is C15H29NO3. The summed E-state index contributed by atoms with van der Waals surface area (Å²) < 4.78 is 4.90. The molecule has 0 aromatic rings. The number of carbonyl (C=O) groups excluding carboxylic acids is 2. The van der Waals surface area contributed by atoms with Crippen LogP contribution in [0.4, 0.5) is 0 Å². The molecule has 1 aliphatic carbocycles. The third-order valence-electron chi connectivity index (χ3n) is 2.36. The Bertz CT molecular complexity index is 285. The quantitative estimate of drug-likeness (QED) is 0.802. The number of carbonyl (C=O) groups is 2. The number of rotatable bonds is 3. The Hall–Kier alpha value is -1.32. The fourth-order valence-electron chi connectivity index (χ4n) is 1.66. The van der Waals surface area contributed by atoms with Gasteiger partial charge in [0.15, 0.2) is 0 Å². The van der Waals surface area contributed by atoms with E-state index in [9.17, 15) is 9.59 Å². The Kier molecular flexibility index (Phi) is 13.8. The molecule has 0 bridgehead atoms. The predicted molar refractivity (Wildman–Crippen MR) is 78.9 cm³/mol. The van der Waals surface area contributed by atoms with Gasteiger partial charge in [0.2, 0.25) is 5.91 Å². The average molecular weight is 271 g/mol. The van der Waals surface area contributed by atoms with Crippen LogP contribution in [0.5, 0.6) is 0 Å². The molecule has 0 saturated heterocycles. The molecule has 0 spiro atoms. The van der Waals surface area contributed by atoms with Gasteiger partial charge in [0.05, 0.1) is 6.61 Å². The molecule has 4 nitrogen and oxygen atoms in total. The first-order valence-electron chi connectivity index (χ1n) is 7.26. The molecular weight excluding hydrogens is 242 g/mol. The first-order valence-corrected chi connectivity index (χ1v) is 7.26. The van der Waals surface area contributed by atoms with E-state index in [1.165, 1.54) is 6.92 Å². The molecule has 1 unspecified atom stereocenters. The van der Waals surface area contributed by atoms with Gasteiger partial charge in [-0.2, -0.15) is 0 Å². The molecule has 0 aliphatic heterocycles. The molecule has 0 heterocycles. The lowest BCUT2D eigenvalue weighted by atomic mass is 9.95. The Morgan fingerprint density at radius 1 is 1.32 bits per heavy atom. The van der Waals surface area contributed by atoms with E-state index in [1.807, 2.05) is 33.8 Å². The van der Waals surface area contributed by atoms with Crippen molar-refractivity contribution in [2.75, 3.05) is 6.61 Å². The van der Waals surface area contributed by atoms with E-state index >= 15 is 0 Å². The molecule has 19 heavy (non-hydrogen) atoms. The van der Waals surface area contributed by atoms with E-state index in [-0.39, 0.29) is 17.9 Å². The first kappa shape index (κ1) is 20.0. The van der Waals surface area contributed by atoms with Gasteiger partial charge in [0.1, 0.15) is 0 Å². The van der Waals surface area contributed by atoms with E-state index in [0.29, 0.717) is 19.4 Å². The van der Waals surface area contributed by atoms with Crippen LogP contribution in [0, 0.1) is 0 Å². The highest BCUT2D eigenvalue weighted by Crippen LogP contribution is 2.19. The van der Waals surface area contributed by atoms with Gasteiger partial charge >= 0.3 is 5.97 Å². The van der Waals surface area contributed by atoms with Gasteiger partial charge in [0, 0.05) is 18.5 Å². The lowest BCUT2D eigenvalue weighted by molar-refractivity contribution is -0.138. The maximum absolute atomic E-state index is 11.3. The summed E-state index contributed by atoms with van der Waals surface area (Å²) in [6.07, 6.45) is 4.07. The second kappa shape index (κ2) is 13.1. The minimum Gasteiger partial charge on any atom is -0.463 e. The molecule has 0 saturated carbocycles. The van der Waals surface area contributed by atoms with Gasteiger partial charge in [-0.1, -0.05) is 33.8 Å². The van der Waals surface area contributed by atoms with Gasteiger partial charge in [-0.05, 0) is 26.2 Å². The van der Waals surface area contributed by atoms with E-state index in [1.54, 1.807) is 6.92 Å². The molecule has 1 amide bonds. The molecule has 0 aromatic heterocycles.